The number of carbonyl (C=O) groups is 7. The van der Waals surface area contributed by atoms with Gasteiger partial charge in [-0.1, -0.05) is 19.8 Å². The molecule has 0 radical (unpaired) electrons. The van der Waals surface area contributed by atoms with Gasteiger partial charge in [-0.25, -0.2) is 0 Å². The lowest BCUT2D eigenvalue weighted by Gasteiger charge is -2.43. The Hall–Kier alpha value is -4.27. The lowest BCUT2D eigenvalue weighted by Crippen LogP contribution is -2.58. The monoisotopic (exact) mass is 688 g/mol. The topological polar surface area (TPSA) is 212 Å². The zero-order valence-electron chi connectivity index (χ0n) is 28.4. The van der Waals surface area contributed by atoms with E-state index in [4.69, 9.17) is 53.8 Å². The molecule has 2 rings (SSSR count). The second-order valence-electron chi connectivity index (χ2n) is 10.8. The smallest absolute Gasteiger partial charge is 0.305 e. The first-order chi connectivity index (χ1) is 22.4. The summed E-state index contributed by atoms with van der Waals surface area (Å²) in [4.78, 5) is 78.9. The SMILES string of the molecule is C#CCO[C@@H]1O[C@H](COC(C)=O)[C@@H](C)[C@H](OC(C)=O)[C@@H]1OC(C)=O.CC(=O)OC[C@H]1OC(OC(C)=O)[C@@H](OC(C)=O)[C@@H](OC(C)=O)[C@@H]1C. The Morgan fingerprint density at radius 3 is 1.19 bits per heavy atom. The van der Waals surface area contributed by atoms with E-state index in [-0.39, 0.29) is 19.8 Å². The molecule has 0 aliphatic carbocycles. The predicted octanol–water partition coefficient (Wildman–Crippen LogP) is 0.761. The van der Waals surface area contributed by atoms with Crippen molar-refractivity contribution in [1.82, 2.24) is 0 Å². The molecule has 48 heavy (non-hydrogen) atoms. The Kier molecular flexibility index (Phi) is 17.5. The molecular formula is C31H44O17. The lowest BCUT2D eigenvalue weighted by molar-refractivity contribution is -0.291. The van der Waals surface area contributed by atoms with Gasteiger partial charge in [0.25, 0.3) is 0 Å². The highest BCUT2D eigenvalue weighted by Gasteiger charge is 2.50. The molecule has 0 saturated carbocycles. The van der Waals surface area contributed by atoms with Gasteiger partial charge in [-0.2, -0.15) is 0 Å². The molecule has 2 aliphatic heterocycles. The van der Waals surface area contributed by atoms with Gasteiger partial charge in [0, 0.05) is 60.3 Å². The number of ether oxygens (including phenoxy) is 10. The van der Waals surface area contributed by atoms with Gasteiger partial charge in [-0.15, -0.1) is 6.42 Å². The van der Waals surface area contributed by atoms with Crippen LogP contribution in [-0.4, -0.2) is 111 Å². The van der Waals surface area contributed by atoms with E-state index in [2.05, 4.69) is 5.92 Å². The van der Waals surface area contributed by atoms with Gasteiger partial charge in [-0.3, -0.25) is 33.6 Å². The molecule has 0 spiro atoms. The molecule has 2 aliphatic rings. The summed E-state index contributed by atoms with van der Waals surface area (Å²) in [5, 5.41) is 0. The van der Waals surface area contributed by atoms with E-state index in [0.29, 0.717) is 0 Å². The van der Waals surface area contributed by atoms with E-state index in [9.17, 15) is 33.6 Å². The van der Waals surface area contributed by atoms with Crippen LogP contribution in [0.4, 0.5) is 0 Å². The summed E-state index contributed by atoms with van der Waals surface area (Å²) >= 11 is 0. The van der Waals surface area contributed by atoms with Crippen LogP contribution in [0.3, 0.4) is 0 Å². The van der Waals surface area contributed by atoms with Crippen molar-refractivity contribution in [2.24, 2.45) is 11.8 Å². The summed E-state index contributed by atoms with van der Waals surface area (Å²) < 4.78 is 52.5. The summed E-state index contributed by atoms with van der Waals surface area (Å²) in [6.07, 6.45) is -2.36. The minimum absolute atomic E-state index is 0.0586. The molecule has 2 fully saturated rings. The first kappa shape index (κ1) is 41.8. The van der Waals surface area contributed by atoms with Gasteiger partial charge < -0.3 is 47.4 Å². The average Bonchev–Trinajstić information content (AvgIpc) is 2.95. The number of hydrogen-bond donors (Lipinski definition) is 0. The molecule has 0 bridgehead atoms. The largest absolute Gasteiger partial charge is 0.463 e. The lowest BCUT2D eigenvalue weighted by atomic mass is 9.90. The van der Waals surface area contributed by atoms with Crippen molar-refractivity contribution in [1.29, 1.82) is 0 Å². The molecule has 1 unspecified atom stereocenters. The van der Waals surface area contributed by atoms with Crippen molar-refractivity contribution < 1.29 is 80.9 Å². The number of carbonyl (C=O) groups excluding carboxylic acids is 7. The van der Waals surface area contributed by atoms with Crippen molar-refractivity contribution in [3.05, 3.63) is 0 Å². The summed E-state index contributed by atoms with van der Waals surface area (Å²) in [6, 6.07) is 0. The Morgan fingerprint density at radius 1 is 0.521 bits per heavy atom. The maximum Gasteiger partial charge on any atom is 0.305 e. The van der Waals surface area contributed by atoms with E-state index < -0.39 is 103 Å². The first-order valence-corrected chi connectivity index (χ1v) is 14.9. The standard InChI is InChI=1S/C16H22O8.C15H22O9/c1-6-7-20-16-15(23-12(5)19)14(22-11(4)18)9(2)13(24-16)8-21-10(3)17;1-7-12(6-20-8(2)16)24-15(23-11(5)19)14(22-10(4)18)13(7)21-9(3)17/h1,9,13-16H,7-8H2,2-5H3;7,12-15H,6H2,1-5H3/t9-,13-,14+,15+,16-;7-,12-,13+,14+,15?/m11/s1. The van der Waals surface area contributed by atoms with Gasteiger partial charge in [0.1, 0.15) is 44.2 Å². The summed E-state index contributed by atoms with van der Waals surface area (Å²) in [5.74, 6) is -2.64. The van der Waals surface area contributed by atoms with E-state index in [1.54, 1.807) is 13.8 Å². The average molecular weight is 689 g/mol. The molecule has 10 atom stereocenters. The van der Waals surface area contributed by atoms with Crippen molar-refractivity contribution in [2.75, 3.05) is 19.8 Å². The van der Waals surface area contributed by atoms with Crippen LogP contribution >= 0.6 is 0 Å². The Labute approximate surface area is 278 Å². The highest BCUT2D eigenvalue weighted by Crippen LogP contribution is 2.33. The van der Waals surface area contributed by atoms with Crippen molar-refractivity contribution >= 4 is 41.8 Å². The third kappa shape index (κ3) is 14.2. The third-order valence-corrected chi connectivity index (χ3v) is 6.73. The molecule has 270 valence electrons. The van der Waals surface area contributed by atoms with Crippen LogP contribution < -0.4 is 0 Å². The quantitative estimate of drug-likeness (QED) is 0.166. The molecule has 0 aromatic rings. The number of hydrogen-bond acceptors (Lipinski definition) is 17. The first-order valence-electron chi connectivity index (χ1n) is 14.9. The van der Waals surface area contributed by atoms with E-state index >= 15 is 0 Å². The van der Waals surface area contributed by atoms with Crippen molar-refractivity contribution in [3.8, 4) is 12.3 Å². The molecule has 0 amide bonds. The minimum Gasteiger partial charge on any atom is -0.463 e. The highest BCUT2D eigenvalue weighted by atomic mass is 16.7. The Balaban J connectivity index is 0.000000480. The van der Waals surface area contributed by atoms with Gasteiger partial charge >= 0.3 is 41.8 Å². The van der Waals surface area contributed by atoms with E-state index in [1.165, 1.54) is 41.5 Å². The normalized spacial score (nSPS) is 29.2. The zero-order valence-corrected chi connectivity index (χ0v) is 28.4. The van der Waals surface area contributed by atoms with Crippen LogP contribution in [0, 0.1) is 24.2 Å². The molecule has 2 heterocycles. The van der Waals surface area contributed by atoms with Crippen LogP contribution in [0.1, 0.15) is 62.3 Å². The fourth-order valence-electron chi connectivity index (χ4n) is 4.74. The molecule has 17 heteroatoms. The van der Waals surface area contributed by atoms with Gasteiger partial charge in [0.05, 0.1) is 0 Å². The second kappa shape index (κ2) is 20.2. The van der Waals surface area contributed by atoms with Crippen LogP contribution in [0.15, 0.2) is 0 Å². The molecule has 0 aromatic carbocycles. The van der Waals surface area contributed by atoms with Crippen LogP contribution in [-0.2, 0) is 80.9 Å². The fourth-order valence-corrected chi connectivity index (χ4v) is 4.74. The van der Waals surface area contributed by atoms with Crippen molar-refractivity contribution in [2.45, 2.75) is 112 Å². The van der Waals surface area contributed by atoms with Crippen LogP contribution in [0.2, 0.25) is 0 Å². The number of rotatable bonds is 11. The van der Waals surface area contributed by atoms with Crippen LogP contribution in [0.5, 0.6) is 0 Å². The van der Waals surface area contributed by atoms with Gasteiger partial charge in [0.2, 0.25) is 12.4 Å². The molecule has 0 N–H and O–H groups in total. The third-order valence-electron chi connectivity index (χ3n) is 6.73. The summed E-state index contributed by atoms with van der Waals surface area (Å²) in [6.45, 7) is 11.6. The zero-order chi connectivity index (χ0) is 36.7. The molecule has 2 saturated heterocycles. The van der Waals surface area contributed by atoms with Crippen LogP contribution in [0.25, 0.3) is 0 Å². The summed E-state index contributed by atoms with van der Waals surface area (Å²) in [7, 11) is 0. The highest BCUT2D eigenvalue weighted by molar-refractivity contribution is 5.69. The minimum atomic E-state index is -1.28. The maximum absolute atomic E-state index is 11.4. The second-order valence-corrected chi connectivity index (χ2v) is 10.8. The Morgan fingerprint density at radius 2 is 0.854 bits per heavy atom. The van der Waals surface area contributed by atoms with Gasteiger partial charge in [0.15, 0.2) is 12.4 Å². The predicted molar refractivity (Wildman–Crippen MR) is 158 cm³/mol. The van der Waals surface area contributed by atoms with Crippen molar-refractivity contribution in [3.63, 3.8) is 0 Å². The molecular weight excluding hydrogens is 644 g/mol. The fraction of sp³-hybridized carbons (Fsp3) is 0.710. The Bertz CT molecular complexity index is 1190. The van der Waals surface area contributed by atoms with E-state index in [0.717, 1.165) is 6.92 Å². The molecule has 0 aromatic heterocycles. The number of esters is 7. The summed E-state index contributed by atoms with van der Waals surface area (Å²) in [5.41, 5.74) is 0. The molecule has 17 nitrogen and oxygen atoms in total. The number of terminal acetylenes is 1. The van der Waals surface area contributed by atoms with Gasteiger partial charge in [-0.05, 0) is 0 Å². The maximum atomic E-state index is 11.4. The van der Waals surface area contributed by atoms with E-state index in [1.807, 2.05) is 0 Å².